The molecule has 0 saturated carbocycles. The maximum Gasteiger partial charge on any atom is 0.220 e. The van der Waals surface area contributed by atoms with Crippen molar-refractivity contribution in [1.29, 1.82) is 0 Å². The van der Waals surface area contributed by atoms with Crippen LogP contribution in [-0.4, -0.2) is 81.2 Å². The Kier molecular flexibility index (Phi) is 6.49. The smallest absolute Gasteiger partial charge is 0.220 e. The summed E-state index contributed by atoms with van der Waals surface area (Å²) < 4.78 is 36.9. The molecule has 2 saturated heterocycles. The van der Waals surface area contributed by atoms with Gasteiger partial charge in [-0.15, -0.1) is 0 Å². The van der Waals surface area contributed by atoms with Crippen molar-refractivity contribution in [2.45, 2.75) is 31.1 Å². The van der Waals surface area contributed by atoms with E-state index in [-0.39, 0.29) is 11.9 Å². The standard InChI is InChI=1S/C16H27N5O4S/c1-17-16(18-12-15-4-2-3-10-24-15)20-6-8-21(9-7-20)26(22,23)13-14-5-11-25-19-14/h5,11,15H,2-4,6-10,12-13H2,1H3,(H,17,18). The largest absolute Gasteiger partial charge is 0.376 e. The van der Waals surface area contributed by atoms with Crippen LogP contribution in [0.1, 0.15) is 25.0 Å². The number of guanidine groups is 1. The molecule has 10 heteroatoms. The first kappa shape index (κ1) is 19.1. The van der Waals surface area contributed by atoms with E-state index >= 15 is 0 Å². The Morgan fingerprint density at radius 1 is 1.35 bits per heavy atom. The van der Waals surface area contributed by atoms with Gasteiger partial charge in [-0.3, -0.25) is 4.99 Å². The predicted octanol–water partition coefficient (Wildman–Crippen LogP) is 0.267. The number of nitrogens with one attached hydrogen (secondary N) is 1. The fourth-order valence-corrected chi connectivity index (χ4v) is 4.70. The molecular formula is C16H27N5O4S. The number of sulfonamides is 1. The highest BCUT2D eigenvalue weighted by molar-refractivity contribution is 7.88. The molecule has 0 aliphatic carbocycles. The molecule has 26 heavy (non-hydrogen) atoms. The van der Waals surface area contributed by atoms with Crippen LogP contribution >= 0.6 is 0 Å². The SMILES string of the molecule is CN=C(NCC1CCCCO1)N1CCN(S(=O)(=O)Cc2ccon2)CC1. The summed E-state index contributed by atoms with van der Waals surface area (Å²) in [5.41, 5.74) is 0.428. The van der Waals surface area contributed by atoms with Gasteiger partial charge in [0.05, 0.1) is 11.8 Å². The van der Waals surface area contributed by atoms with Crippen LogP contribution in [0.15, 0.2) is 21.8 Å². The Bertz CT molecular complexity index is 678. The van der Waals surface area contributed by atoms with Gasteiger partial charge in [0.1, 0.15) is 12.0 Å². The number of hydrogen-bond acceptors (Lipinski definition) is 6. The minimum Gasteiger partial charge on any atom is -0.376 e. The van der Waals surface area contributed by atoms with E-state index in [1.54, 1.807) is 13.1 Å². The number of nitrogens with zero attached hydrogens (tertiary/aromatic N) is 4. The number of aromatic nitrogens is 1. The van der Waals surface area contributed by atoms with Gasteiger partial charge in [-0.05, 0) is 19.3 Å². The molecular weight excluding hydrogens is 358 g/mol. The first-order chi connectivity index (χ1) is 12.6. The van der Waals surface area contributed by atoms with Crippen molar-refractivity contribution in [1.82, 2.24) is 19.7 Å². The van der Waals surface area contributed by atoms with Crippen LogP contribution in [0, 0.1) is 0 Å². The highest BCUT2D eigenvalue weighted by atomic mass is 32.2. The molecule has 2 aliphatic heterocycles. The zero-order valence-electron chi connectivity index (χ0n) is 15.1. The van der Waals surface area contributed by atoms with E-state index in [0.29, 0.717) is 31.9 Å². The lowest BCUT2D eigenvalue weighted by Crippen LogP contribution is -2.54. The van der Waals surface area contributed by atoms with E-state index < -0.39 is 10.0 Å². The third-order valence-corrected chi connectivity index (χ3v) is 6.54. The Morgan fingerprint density at radius 3 is 2.77 bits per heavy atom. The molecule has 2 aliphatic rings. The van der Waals surface area contributed by atoms with Gasteiger partial charge in [0, 0.05) is 52.4 Å². The molecule has 1 atom stereocenters. The van der Waals surface area contributed by atoms with Crippen LogP contribution in [0.2, 0.25) is 0 Å². The monoisotopic (exact) mass is 385 g/mol. The van der Waals surface area contributed by atoms with Crippen LogP contribution in [-0.2, 0) is 20.5 Å². The molecule has 1 N–H and O–H groups in total. The van der Waals surface area contributed by atoms with E-state index in [9.17, 15) is 8.42 Å². The summed E-state index contributed by atoms with van der Waals surface area (Å²) in [6.07, 6.45) is 5.01. The molecule has 9 nitrogen and oxygen atoms in total. The van der Waals surface area contributed by atoms with Crippen molar-refractivity contribution >= 4 is 16.0 Å². The highest BCUT2D eigenvalue weighted by Crippen LogP contribution is 2.14. The highest BCUT2D eigenvalue weighted by Gasteiger charge is 2.29. The summed E-state index contributed by atoms with van der Waals surface area (Å²) in [6.45, 7) is 3.62. The summed E-state index contributed by atoms with van der Waals surface area (Å²) in [4.78, 5) is 6.42. The molecule has 0 radical (unpaired) electrons. The summed E-state index contributed by atoms with van der Waals surface area (Å²) in [7, 11) is -1.64. The summed E-state index contributed by atoms with van der Waals surface area (Å²) >= 11 is 0. The van der Waals surface area contributed by atoms with E-state index in [1.807, 2.05) is 0 Å². The molecule has 1 unspecified atom stereocenters. The quantitative estimate of drug-likeness (QED) is 0.573. The van der Waals surface area contributed by atoms with E-state index in [2.05, 4.69) is 20.4 Å². The summed E-state index contributed by atoms with van der Waals surface area (Å²) in [5.74, 6) is 0.669. The van der Waals surface area contributed by atoms with Crippen molar-refractivity contribution in [3.8, 4) is 0 Å². The van der Waals surface area contributed by atoms with Gasteiger partial charge in [0.15, 0.2) is 5.96 Å². The minimum atomic E-state index is -3.39. The fraction of sp³-hybridized carbons (Fsp3) is 0.750. The number of hydrogen-bond donors (Lipinski definition) is 1. The molecule has 2 fully saturated rings. The van der Waals surface area contributed by atoms with Gasteiger partial charge in [-0.2, -0.15) is 4.31 Å². The normalized spacial score (nSPS) is 23.2. The molecule has 146 valence electrons. The van der Waals surface area contributed by atoms with Crippen LogP contribution in [0.4, 0.5) is 0 Å². The van der Waals surface area contributed by atoms with E-state index in [0.717, 1.165) is 32.0 Å². The van der Waals surface area contributed by atoms with Crippen molar-refractivity contribution in [3.05, 3.63) is 18.0 Å². The van der Waals surface area contributed by atoms with Gasteiger partial charge >= 0.3 is 0 Å². The zero-order chi connectivity index (χ0) is 18.4. The molecule has 3 rings (SSSR count). The molecule has 0 bridgehead atoms. The Morgan fingerprint density at radius 2 is 2.15 bits per heavy atom. The maximum absolute atomic E-state index is 12.5. The molecule has 0 aromatic carbocycles. The summed E-state index contributed by atoms with van der Waals surface area (Å²) in [6, 6.07) is 1.58. The van der Waals surface area contributed by atoms with Crippen LogP contribution < -0.4 is 5.32 Å². The number of piperazine rings is 1. The lowest BCUT2D eigenvalue weighted by atomic mass is 10.1. The molecule has 0 spiro atoms. The zero-order valence-corrected chi connectivity index (χ0v) is 15.9. The fourth-order valence-electron chi connectivity index (χ4n) is 3.27. The number of ether oxygens (including phenoxy) is 1. The third-order valence-electron chi connectivity index (χ3n) is 4.73. The van der Waals surface area contributed by atoms with Crippen molar-refractivity contribution in [2.75, 3.05) is 46.4 Å². The van der Waals surface area contributed by atoms with Gasteiger partial charge in [-0.25, -0.2) is 8.42 Å². The second-order valence-corrected chi connectivity index (χ2v) is 8.52. The Labute approximate surface area is 154 Å². The second-order valence-electron chi connectivity index (χ2n) is 6.55. The predicted molar refractivity (Wildman–Crippen MR) is 97.2 cm³/mol. The van der Waals surface area contributed by atoms with Crippen LogP contribution in [0.3, 0.4) is 0 Å². The van der Waals surface area contributed by atoms with E-state index in [1.165, 1.54) is 17.0 Å². The molecule has 1 aromatic heterocycles. The molecule has 0 amide bonds. The minimum absolute atomic E-state index is 0.129. The van der Waals surface area contributed by atoms with Crippen molar-refractivity contribution < 1.29 is 17.7 Å². The lowest BCUT2D eigenvalue weighted by Gasteiger charge is -2.36. The van der Waals surface area contributed by atoms with Crippen molar-refractivity contribution in [2.24, 2.45) is 4.99 Å². The second kappa shape index (κ2) is 8.83. The average molecular weight is 385 g/mol. The van der Waals surface area contributed by atoms with Crippen LogP contribution in [0.25, 0.3) is 0 Å². The average Bonchev–Trinajstić information content (AvgIpc) is 3.16. The Hall–Kier alpha value is -1.65. The van der Waals surface area contributed by atoms with Gasteiger partial charge in [0.2, 0.25) is 10.0 Å². The summed E-state index contributed by atoms with van der Waals surface area (Å²) in [5, 5.41) is 7.05. The van der Waals surface area contributed by atoms with Gasteiger partial charge in [-0.1, -0.05) is 5.16 Å². The molecule has 1 aromatic rings. The molecule has 3 heterocycles. The van der Waals surface area contributed by atoms with Crippen molar-refractivity contribution in [3.63, 3.8) is 0 Å². The van der Waals surface area contributed by atoms with E-state index in [4.69, 9.17) is 9.26 Å². The third kappa shape index (κ3) is 4.95. The van der Waals surface area contributed by atoms with Crippen LogP contribution in [0.5, 0.6) is 0 Å². The number of aliphatic imine (C=N–C) groups is 1. The lowest BCUT2D eigenvalue weighted by molar-refractivity contribution is 0.0190. The van der Waals surface area contributed by atoms with Gasteiger partial charge < -0.3 is 19.5 Å². The number of rotatable bonds is 5. The topological polar surface area (TPSA) is 100 Å². The maximum atomic E-state index is 12.5. The first-order valence-corrected chi connectivity index (χ1v) is 10.6. The van der Waals surface area contributed by atoms with Gasteiger partial charge in [0.25, 0.3) is 0 Å². The Balaban J connectivity index is 1.48. The first-order valence-electron chi connectivity index (χ1n) is 9.03.